The van der Waals surface area contributed by atoms with Gasteiger partial charge in [-0.25, -0.2) is 13.5 Å². The van der Waals surface area contributed by atoms with Crippen LogP contribution in [0.2, 0.25) is 0 Å². The van der Waals surface area contributed by atoms with E-state index in [1.165, 1.54) is 16.8 Å². The Morgan fingerprint density at radius 2 is 2.14 bits per heavy atom. The SMILES string of the molecule is CC1CN(Cc2ccn(-c3ccc(F)cc3F)n2)CCC1N. The lowest BCUT2D eigenvalue weighted by Crippen LogP contribution is -2.45. The van der Waals surface area contributed by atoms with E-state index < -0.39 is 11.6 Å². The standard InChI is InChI=1S/C16H20F2N4/c1-11-9-21(6-5-15(11)19)10-13-4-7-22(20-13)16-3-2-12(17)8-14(16)18/h2-4,7-8,11,15H,5-6,9-10,19H2,1H3. The molecule has 2 aromatic rings. The van der Waals surface area contributed by atoms with Crippen molar-refractivity contribution in [2.24, 2.45) is 11.7 Å². The first-order valence-electron chi connectivity index (χ1n) is 7.51. The van der Waals surface area contributed by atoms with Crippen molar-refractivity contribution in [2.45, 2.75) is 25.9 Å². The first-order chi connectivity index (χ1) is 10.5. The first-order valence-corrected chi connectivity index (χ1v) is 7.51. The number of benzene rings is 1. The zero-order valence-corrected chi connectivity index (χ0v) is 12.5. The van der Waals surface area contributed by atoms with E-state index in [4.69, 9.17) is 5.73 Å². The van der Waals surface area contributed by atoms with E-state index in [2.05, 4.69) is 16.9 Å². The van der Waals surface area contributed by atoms with Crippen molar-refractivity contribution in [1.29, 1.82) is 0 Å². The molecule has 1 aliphatic rings. The molecule has 0 bridgehead atoms. The summed E-state index contributed by atoms with van der Waals surface area (Å²) in [7, 11) is 0. The molecule has 2 atom stereocenters. The maximum atomic E-state index is 13.8. The molecule has 2 N–H and O–H groups in total. The lowest BCUT2D eigenvalue weighted by molar-refractivity contribution is 0.156. The monoisotopic (exact) mass is 306 g/mol. The molecule has 1 saturated heterocycles. The molecular weight excluding hydrogens is 286 g/mol. The van der Waals surface area contributed by atoms with Crippen LogP contribution in [0.15, 0.2) is 30.5 Å². The maximum absolute atomic E-state index is 13.8. The maximum Gasteiger partial charge on any atom is 0.151 e. The molecule has 4 nitrogen and oxygen atoms in total. The second kappa shape index (κ2) is 6.14. The first kappa shape index (κ1) is 15.1. The summed E-state index contributed by atoms with van der Waals surface area (Å²) in [6, 6.07) is 5.62. The van der Waals surface area contributed by atoms with Crippen LogP contribution in [0.5, 0.6) is 0 Å². The third kappa shape index (κ3) is 3.18. The van der Waals surface area contributed by atoms with Gasteiger partial charge in [0.25, 0.3) is 0 Å². The van der Waals surface area contributed by atoms with E-state index in [-0.39, 0.29) is 11.7 Å². The fraction of sp³-hybridized carbons (Fsp3) is 0.438. The molecule has 0 aliphatic carbocycles. The number of nitrogens with zero attached hydrogens (tertiary/aromatic N) is 3. The van der Waals surface area contributed by atoms with Gasteiger partial charge in [-0.3, -0.25) is 4.90 Å². The number of likely N-dealkylation sites (tertiary alicyclic amines) is 1. The lowest BCUT2D eigenvalue weighted by Gasteiger charge is -2.34. The highest BCUT2D eigenvalue weighted by Gasteiger charge is 2.23. The Balaban J connectivity index is 1.71. The molecule has 1 fully saturated rings. The van der Waals surface area contributed by atoms with Crippen molar-refractivity contribution in [3.63, 3.8) is 0 Å². The van der Waals surface area contributed by atoms with Gasteiger partial charge < -0.3 is 5.73 Å². The minimum atomic E-state index is -0.618. The summed E-state index contributed by atoms with van der Waals surface area (Å²) >= 11 is 0. The van der Waals surface area contributed by atoms with Crippen LogP contribution in [0, 0.1) is 17.6 Å². The van der Waals surface area contributed by atoms with Crippen LogP contribution in [0.4, 0.5) is 8.78 Å². The molecule has 118 valence electrons. The highest BCUT2D eigenvalue weighted by atomic mass is 19.1. The molecule has 0 spiro atoms. The second-order valence-electron chi connectivity index (χ2n) is 6.01. The molecule has 0 radical (unpaired) electrons. The molecular formula is C16H20F2N4. The summed E-state index contributed by atoms with van der Waals surface area (Å²) in [5, 5.41) is 4.39. The average molecular weight is 306 g/mol. The molecule has 0 amide bonds. The van der Waals surface area contributed by atoms with Gasteiger partial charge in [0.1, 0.15) is 11.5 Å². The van der Waals surface area contributed by atoms with Crippen LogP contribution in [-0.4, -0.2) is 33.8 Å². The predicted octanol–water partition coefficient (Wildman–Crippen LogP) is 2.32. The highest BCUT2D eigenvalue weighted by molar-refractivity contribution is 5.33. The summed E-state index contributed by atoms with van der Waals surface area (Å²) in [5.74, 6) is -0.745. The number of piperidine rings is 1. The lowest BCUT2D eigenvalue weighted by atomic mass is 9.95. The minimum Gasteiger partial charge on any atom is -0.327 e. The van der Waals surface area contributed by atoms with Crippen molar-refractivity contribution in [2.75, 3.05) is 13.1 Å². The molecule has 1 aromatic carbocycles. The van der Waals surface area contributed by atoms with Gasteiger partial charge in [-0.05, 0) is 30.5 Å². The van der Waals surface area contributed by atoms with Gasteiger partial charge in [-0.15, -0.1) is 0 Å². The summed E-state index contributed by atoms with van der Waals surface area (Å²) in [5.41, 5.74) is 7.14. The third-order valence-electron chi connectivity index (χ3n) is 4.24. The highest BCUT2D eigenvalue weighted by Crippen LogP contribution is 2.18. The van der Waals surface area contributed by atoms with Crippen LogP contribution in [0.1, 0.15) is 19.0 Å². The van der Waals surface area contributed by atoms with Crippen LogP contribution in [0.25, 0.3) is 5.69 Å². The van der Waals surface area contributed by atoms with E-state index >= 15 is 0 Å². The molecule has 2 unspecified atom stereocenters. The summed E-state index contributed by atoms with van der Waals surface area (Å²) in [6.45, 7) is 4.76. The van der Waals surface area contributed by atoms with Gasteiger partial charge in [0, 0.05) is 37.9 Å². The van der Waals surface area contributed by atoms with Gasteiger partial charge in [-0.1, -0.05) is 6.92 Å². The molecule has 22 heavy (non-hydrogen) atoms. The number of hydrogen-bond donors (Lipinski definition) is 1. The van der Waals surface area contributed by atoms with Gasteiger partial charge >= 0.3 is 0 Å². The fourth-order valence-corrected chi connectivity index (χ4v) is 2.87. The van der Waals surface area contributed by atoms with Crippen LogP contribution >= 0.6 is 0 Å². The van der Waals surface area contributed by atoms with Gasteiger partial charge in [0.2, 0.25) is 0 Å². The minimum absolute atomic E-state index is 0.252. The van der Waals surface area contributed by atoms with Crippen molar-refractivity contribution >= 4 is 0 Å². The van der Waals surface area contributed by atoms with Crippen molar-refractivity contribution in [3.05, 3.63) is 47.8 Å². The predicted molar refractivity (Wildman–Crippen MR) is 80.5 cm³/mol. The van der Waals surface area contributed by atoms with Crippen molar-refractivity contribution < 1.29 is 8.78 Å². The Kier molecular flexibility index (Phi) is 4.22. The zero-order valence-electron chi connectivity index (χ0n) is 12.5. The number of hydrogen-bond acceptors (Lipinski definition) is 3. The van der Waals surface area contributed by atoms with E-state index in [9.17, 15) is 8.78 Å². The van der Waals surface area contributed by atoms with Crippen molar-refractivity contribution in [1.82, 2.24) is 14.7 Å². The number of halogens is 2. The largest absolute Gasteiger partial charge is 0.327 e. The van der Waals surface area contributed by atoms with E-state index in [1.54, 1.807) is 6.20 Å². The van der Waals surface area contributed by atoms with Gasteiger partial charge in [0.05, 0.1) is 5.69 Å². The summed E-state index contributed by atoms with van der Waals surface area (Å²) < 4.78 is 28.2. The van der Waals surface area contributed by atoms with Crippen LogP contribution in [-0.2, 0) is 6.54 Å². The molecule has 3 rings (SSSR count). The quantitative estimate of drug-likeness (QED) is 0.946. The Labute approximate surface area is 128 Å². The smallest absolute Gasteiger partial charge is 0.151 e. The van der Waals surface area contributed by atoms with Crippen molar-refractivity contribution in [3.8, 4) is 5.69 Å². The molecule has 6 heteroatoms. The summed E-state index contributed by atoms with van der Waals surface area (Å²) in [4.78, 5) is 2.31. The summed E-state index contributed by atoms with van der Waals surface area (Å²) in [6.07, 6.45) is 2.68. The second-order valence-corrected chi connectivity index (χ2v) is 6.01. The average Bonchev–Trinajstić information content (AvgIpc) is 2.91. The van der Waals surface area contributed by atoms with Crippen LogP contribution in [0.3, 0.4) is 0 Å². The Morgan fingerprint density at radius 1 is 1.32 bits per heavy atom. The van der Waals surface area contributed by atoms with E-state index in [1.807, 2.05) is 6.07 Å². The topological polar surface area (TPSA) is 47.1 Å². The van der Waals surface area contributed by atoms with Crippen LogP contribution < -0.4 is 5.73 Å². The Bertz CT molecular complexity index is 655. The van der Waals surface area contributed by atoms with Gasteiger partial charge in [-0.2, -0.15) is 5.10 Å². The Hall–Kier alpha value is -1.79. The third-order valence-corrected chi connectivity index (χ3v) is 4.24. The normalized spacial score (nSPS) is 22.9. The number of rotatable bonds is 3. The molecule has 1 aliphatic heterocycles. The Morgan fingerprint density at radius 3 is 2.86 bits per heavy atom. The fourth-order valence-electron chi connectivity index (χ4n) is 2.87. The van der Waals surface area contributed by atoms with Gasteiger partial charge in [0.15, 0.2) is 5.82 Å². The molecule has 0 saturated carbocycles. The van der Waals surface area contributed by atoms with E-state index in [0.717, 1.165) is 31.3 Å². The number of aromatic nitrogens is 2. The zero-order chi connectivity index (χ0) is 15.7. The van der Waals surface area contributed by atoms with E-state index in [0.29, 0.717) is 12.5 Å². The molecule has 2 heterocycles. The molecule has 1 aromatic heterocycles. The number of nitrogens with two attached hydrogens (primary N) is 1.